The minimum absolute atomic E-state index is 0.425. The Morgan fingerprint density at radius 1 is 0.264 bits per heavy atom. The predicted octanol–water partition coefficient (Wildman–Crippen LogP) is 22.8. The van der Waals surface area contributed by atoms with Crippen LogP contribution in [0.3, 0.4) is 0 Å². The first-order chi connectivity index (χ1) is 54.3. The van der Waals surface area contributed by atoms with E-state index in [1.807, 2.05) is 66.7 Å². The fraction of sp³-hybridized carbons (Fsp3) is 0.0200. The number of fused-ring (bicyclic) bond motifs is 12. The minimum atomic E-state index is -1.47. The number of aromatic nitrogens is 6. The van der Waals surface area contributed by atoms with Gasteiger partial charge >= 0.3 is 7.12 Å². The van der Waals surface area contributed by atoms with Gasteiger partial charge in [0.1, 0.15) is 11.6 Å². The average Bonchev–Trinajstić information content (AvgIpc) is 1.41. The first kappa shape index (κ1) is 66.0. The molecule has 110 heavy (non-hydrogen) atoms. The van der Waals surface area contributed by atoms with E-state index < -0.39 is 17.9 Å². The van der Waals surface area contributed by atoms with Gasteiger partial charge in [-0.1, -0.05) is 319 Å². The molecule has 520 valence electrons. The third-order valence-electron chi connectivity index (χ3n) is 22.3. The lowest BCUT2D eigenvalue weighted by Gasteiger charge is -2.42. The van der Waals surface area contributed by atoms with Gasteiger partial charge in [-0.15, -0.1) is 0 Å². The topological polar surface area (TPSA) is 86.0 Å². The molecule has 4 aromatic heterocycles. The van der Waals surface area contributed by atoms with Crippen molar-refractivity contribution in [3.05, 3.63) is 449 Å². The summed E-state index contributed by atoms with van der Waals surface area (Å²) in [5, 5.41) is 23.6. The molecule has 8 nitrogen and oxygen atoms in total. The lowest BCUT2D eigenvalue weighted by Crippen LogP contribution is -2.35. The van der Waals surface area contributed by atoms with E-state index in [1.165, 1.54) is 111 Å². The van der Waals surface area contributed by atoms with E-state index in [0.717, 1.165) is 60.7 Å². The van der Waals surface area contributed by atoms with E-state index in [1.54, 1.807) is 12.1 Å². The van der Waals surface area contributed by atoms with E-state index in [4.69, 9.17) is 9.97 Å². The van der Waals surface area contributed by atoms with Crippen LogP contribution in [0.1, 0.15) is 44.5 Å². The number of nitrogens with zero attached hydrogens (tertiary/aromatic N) is 6. The van der Waals surface area contributed by atoms with Gasteiger partial charge in [-0.25, -0.2) is 9.97 Å². The molecule has 2 N–H and O–H groups in total. The van der Waals surface area contributed by atoms with Gasteiger partial charge in [0.2, 0.25) is 0 Å². The first-order valence-electron chi connectivity index (χ1n) is 37.2. The molecule has 16 aromatic carbocycles. The molecule has 20 aromatic rings. The Morgan fingerprint density at radius 3 is 1.03 bits per heavy atom. The molecule has 0 aliphatic carbocycles. The van der Waals surface area contributed by atoms with Crippen molar-refractivity contribution in [2.24, 2.45) is 0 Å². The lowest BCUT2D eigenvalue weighted by molar-refractivity contribution is 0.426. The summed E-state index contributed by atoms with van der Waals surface area (Å²) in [6.07, 6.45) is 0. The van der Waals surface area contributed by atoms with Crippen molar-refractivity contribution in [1.29, 1.82) is 0 Å². The fourth-order valence-electron chi connectivity index (χ4n) is 17.7. The summed E-state index contributed by atoms with van der Waals surface area (Å²) in [7, 11) is -1.47. The Kier molecular flexibility index (Phi) is 16.2. The maximum Gasteiger partial charge on any atom is 0.488 e. The number of halogens is 1. The van der Waals surface area contributed by atoms with Gasteiger partial charge in [-0.3, -0.25) is 9.13 Å². The highest BCUT2D eigenvalue weighted by molar-refractivity contribution is 9.10. The summed E-state index contributed by atoms with van der Waals surface area (Å²) in [5.74, 6) is 1.75. The number of benzene rings is 16. The molecular weight excluding hydrogens is 1410 g/mol. The van der Waals surface area contributed by atoms with Crippen LogP contribution in [0.2, 0.25) is 0 Å². The van der Waals surface area contributed by atoms with Crippen molar-refractivity contribution < 1.29 is 10.0 Å². The van der Waals surface area contributed by atoms with E-state index in [0.29, 0.717) is 5.46 Å². The summed E-state index contributed by atoms with van der Waals surface area (Å²) in [4.78, 5) is 9.91. The van der Waals surface area contributed by atoms with E-state index in [-0.39, 0.29) is 0 Å². The van der Waals surface area contributed by atoms with Crippen molar-refractivity contribution >= 4 is 94.2 Å². The summed E-state index contributed by atoms with van der Waals surface area (Å²) >= 11 is 3.87. The Bertz CT molecular complexity index is 6780. The molecule has 0 amide bonds. The van der Waals surface area contributed by atoms with Gasteiger partial charge in [0.05, 0.1) is 66.3 Å². The Labute approximate surface area is 644 Å². The average molecular weight is 1480 g/mol. The summed E-state index contributed by atoms with van der Waals surface area (Å²) in [6, 6.07) is 142. The minimum Gasteiger partial charge on any atom is -0.423 e. The molecule has 0 bridgehead atoms. The number of para-hydroxylation sites is 10. The third-order valence-corrected chi connectivity index (χ3v) is 22.8. The van der Waals surface area contributed by atoms with Crippen LogP contribution >= 0.6 is 15.9 Å². The van der Waals surface area contributed by atoms with Gasteiger partial charge in [-0.05, 0) is 158 Å². The van der Waals surface area contributed by atoms with E-state index >= 15 is 0 Å². The molecule has 0 unspecified atom stereocenters. The second-order valence-corrected chi connectivity index (χ2v) is 29.2. The number of hydrogen-bond donors (Lipinski definition) is 2. The maximum absolute atomic E-state index is 9.27. The number of rotatable bonds is 10. The maximum atomic E-state index is 9.27. The molecule has 0 saturated carbocycles. The molecule has 0 fully saturated rings. The van der Waals surface area contributed by atoms with Crippen molar-refractivity contribution in [2.75, 3.05) is 0 Å². The molecule has 10 heteroatoms. The molecule has 0 saturated heterocycles. The first-order valence-corrected chi connectivity index (χ1v) is 38.0. The number of hydrogen-bond acceptors (Lipinski definition) is 4. The van der Waals surface area contributed by atoms with Crippen molar-refractivity contribution in [2.45, 2.75) is 10.8 Å². The second kappa shape index (κ2) is 27.1. The van der Waals surface area contributed by atoms with Crippen LogP contribution in [0.5, 0.6) is 0 Å². The third kappa shape index (κ3) is 10.5. The van der Waals surface area contributed by atoms with Crippen molar-refractivity contribution in [3.63, 3.8) is 0 Å². The van der Waals surface area contributed by atoms with Gasteiger partial charge < -0.3 is 19.2 Å². The van der Waals surface area contributed by atoms with Gasteiger partial charge in [-0.2, -0.15) is 0 Å². The van der Waals surface area contributed by atoms with Crippen LogP contribution in [0.4, 0.5) is 0 Å². The molecule has 22 rings (SSSR count). The number of imidazole rings is 2. The van der Waals surface area contributed by atoms with Gasteiger partial charge in [0, 0.05) is 48.5 Å². The van der Waals surface area contributed by atoms with Crippen LogP contribution in [0.15, 0.2) is 405 Å². The Morgan fingerprint density at radius 2 is 0.600 bits per heavy atom. The zero-order valence-electron chi connectivity index (χ0n) is 59.6. The van der Waals surface area contributed by atoms with Crippen LogP contribution in [0.25, 0.3) is 122 Å². The lowest BCUT2D eigenvalue weighted by atomic mass is 9.63. The molecule has 0 radical (unpaired) electrons. The zero-order chi connectivity index (χ0) is 73.4. The quantitative estimate of drug-likeness (QED) is 0.134. The molecule has 0 spiro atoms. The second-order valence-electron chi connectivity index (χ2n) is 28.2. The predicted molar refractivity (Wildman–Crippen MR) is 455 cm³/mol. The molecule has 0 atom stereocenters. The molecular formula is C100H68BBrN6O2. The summed E-state index contributed by atoms with van der Waals surface area (Å²) in [6.45, 7) is 0. The zero-order valence-corrected chi connectivity index (χ0v) is 61.2. The van der Waals surface area contributed by atoms with Crippen LogP contribution < -0.4 is 5.46 Å². The molecule has 2 aliphatic heterocycles. The highest BCUT2D eigenvalue weighted by Crippen LogP contribution is 2.57. The molecule has 2 aliphatic rings. The van der Waals surface area contributed by atoms with Crippen molar-refractivity contribution in [3.8, 4) is 56.7 Å². The smallest absolute Gasteiger partial charge is 0.423 e. The normalized spacial score (nSPS) is 12.8. The van der Waals surface area contributed by atoms with Crippen LogP contribution in [0, 0.1) is 0 Å². The SMILES string of the molecule is Brc1cc2c3c(c1)c1ccccc1n3-c1ccccc1C2(c1ccccc1)c1ccccc1.OB(O)c1ccc(-c2nc3ccccc3n2-c2ccccc2)cc1.c1ccc(-n2c(-c3ccc(-c4cc5c6c(c4)c4ccccc4n6-c4ccccc4C5(c4ccccc4)c4ccccc4)cc3)nc3ccccc32)cc1. The Hall–Kier alpha value is -13.5. The van der Waals surface area contributed by atoms with Crippen molar-refractivity contribution in [1.82, 2.24) is 28.2 Å². The van der Waals surface area contributed by atoms with E-state index in [9.17, 15) is 10.0 Å². The van der Waals surface area contributed by atoms with Gasteiger partial charge in [0.15, 0.2) is 0 Å². The summed E-state index contributed by atoms with van der Waals surface area (Å²) in [5.41, 5.74) is 27.7. The largest absolute Gasteiger partial charge is 0.488 e. The summed E-state index contributed by atoms with van der Waals surface area (Å²) < 4.78 is 10.4. The molecule has 6 heterocycles. The van der Waals surface area contributed by atoms with Crippen LogP contribution in [-0.4, -0.2) is 45.4 Å². The monoisotopic (exact) mass is 1470 g/mol. The van der Waals surface area contributed by atoms with Crippen LogP contribution in [-0.2, 0) is 10.8 Å². The standard InChI is InChI=1S/C50H33N3.C31H20BrN.C19H15BN2O2/c1-4-16-37(17-5-1)50(38-18-6-2-7-19-38)42-23-11-14-26-46(42)53-45-25-13-10-22-40(45)41-32-36(33-43(50)48(41)53)34-28-30-35(31-29-34)49-51-44-24-12-15-27-47(44)52(49)39-20-8-3-9-21-39;32-23-19-25-24-15-7-9-17-28(24)33-29-18-10-8-16-26(29)31(27(20-23)30(25)33,21-11-3-1-4-12-21)22-13-5-2-6-14-22;23-20(24)15-12-10-14(11-13-15)19-21-17-8-4-5-9-18(17)22(19)16-6-2-1-3-7-16/h1-33H;1-20H;1-13,23-24H. The Balaban J connectivity index is 0.000000118. The fourth-order valence-corrected chi connectivity index (χ4v) is 18.2. The van der Waals surface area contributed by atoms with E-state index in [2.05, 4.69) is 356 Å². The highest BCUT2D eigenvalue weighted by atomic mass is 79.9. The van der Waals surface area contributed by atoms with Gasteiger partial charge in [0.25, 0.3) is 0 Å². The highest BCUT2D eigenvalue weighted by Gasteiger charge is 2.47.